The summed E-state index contributed by atoms with van der Waals surface area (Å²) in [5.41, 5.74) is 1.92. The van der Waals surface area contributed by atoms with E-state index in [2.05, 4.69) is 21.2 Å². The second-order valence-electron chi connectivity index (χ2n) is 3.19. The quantitative estimate of drug-likeness (QED) is 0.799. The van der Waals surface area contributed by atoms with E-state index in [9.17, 15) is 4.79 Å². The fourth-order valence-corrected chi connectivity index (χ4v) is 1.50. The van der Waals surface area contributed by atoms with Crippen molar-refractivity contribution in [2.75, 3.05) is 5.33 Å². The third-order valence-electron chi connectivity index (χ3n) is 2.02. The van der Waals surface area contributed by atoms with Gasteiger partial charge in [-0.1, -0.05) is 40.2 Å². The maximum Gasteiger partial charge on any atom is 0.221 e. The van der Waals surface area contributed by atoms with Gasteiger partial charge in [-0.15, -0.1) is 0 Å². The highest BCUT2D eigenvalue weighted by molar-refractivity contribution is 9.09. The molecule has 0 aromatic heterocycles. The second-order valence-corrected chi connectivity index (χ2v) is 3.98. The lowest BCUT2D eigenvalue weighted by atomic mass is 10.1. The molecule has 0 saturated carbocycles. The Morgan fingerprint density at radius 2 is 1.87 bits per heavy atom. The Kier molecular flexibility index (Phi) is 5.36. The highest BCUT2D eigenvalue weighted by Crippen LogP contribution is 2.04. The second kappa shape index (κ2) is 6.58. The number of amides is 1. The first-order chi connectivity index (χ1) is 7.26. The van der Waals surface area contributed by atoms with Gasteiger partial charge in [0.1, 0.15) is 0 Å². The smallest absolute Gasteiger partial charge is 0.221 e. The first kappa shape index (κ1) is 12.2. The SMILES string of the molecule is O=C(CCBr)NCc1ccc(CO)cc1. The number of hydrogen-bond acceptors (Lipinski definition) is 2. The summed E-state index contributed by atoms with van der Waals surface area (Å²) in [6, 6.07) is 7.51. The van der Waals surface area contributed by atoms with Crippen molar-refractivity contribution < 1.29 is 9.90 Å². The van der Waals surface area contributed by atoms with Gasteiger partial charge in [0, 0.05) is 18.3 Å². The molecule has 82 valence electrons. The normalized spacial score (nSPS) is 10.0. The van der Waals surface area contributed by atoms with E-state index in [0.29, 0.717) is 18.3 Å². The number of halogens is 1. The molecule has 15 heavy (non-hydrogen) atoms. The molecule has 1 rings (SSSR count). The molecule has 0 bridgehead atoms. The van der Waals surface area contributed by atoms with Gasteiger partial charge in [-0.2, -0.15) is 0 Å². The van der Waals surface area contributed by atoms with Crippen molar-refractivity contribution in [1.82, 2.24) is 5.32 Å². The molecule has 1 aromatic rings. The lowest BCUT2D eigenvalue weighted by Crippen LogP contribution is -2.22. The van der Waals surface area contributed by atoms with Crippen molar-refractivity contribution in [3.8, 4) is 0 Å². The van der Waals surface area contributed by atoms with Crippen molar-refractivity contribution in [2.45, 2.75) is 19.6 Å². The third-order valence-corrected chi connectivity index (χ3v) is 2.41. The van der Waals surface area contributed by atoms with Gasteiger partial charge >= 0.3 is 0 Å². The van der Waals surface area contributed by atoms with Gasteiger partial charge in [0.2, 0.25) is 5.91 Å². The van der Waals surface area contributed by atoms with E-state index >= 15 is 0 Å². The lowest BCUT2D eigenvalue weighted by Gasteiger charge is -2.04. The van der Waals surface area contributed by atoms with Crippen LogP contribution in [-0.2, 0) is 17.9 Å². The standard InChI is InChI=1S/C11H14BrNO2/c12-6-5-11(15)13-7-9-1-3-10(8-14)4-2-9/h1-4,14H,5-8H2,(H,13,15). The maximum absolute atomic E-state index is 11.2. The van der Waals surface area contributed by atoms with E-state index in [1.165, 1.54) is 0 Å². The fraction of sp³-hybridized carbons (Fsp3) is 0.364. The zero-order valence-corrected chi connectivity index (χ0v) is 9.96. The fourth-order valence-electron chi connectivity index (χ4n) is 1.14. The predicted octanol–water partition coefficient (Wildman–Crippen LogP) is 1.58. The van der Waals surface area contributed by atoms with Crippen LogP contribution in [0.15, 0.2) is 24.3 Å². The average Bonchev–Trinajstić information content (AvgIpc) is 2.27. The third kappa shape index (κ3) is 4.44. The summed E-state index contributed by atoms with van der Waals surface area (Å²) in [5, 5.41) is 12.3. The van der Waals surface area contributed by atoms with Crippen LogP contribution in [0, 0.1) is 0 Å². The minimum absolute atomic E-state index is 0.0399. The summed E-state index contributed by atoms with van der Waals surface area (Å²) < 4.78 is 0. The van der Waals surface area contributed by atoms with Crippen LogP contribution in [0.2, 0.25) is 0 Å². The molecule has 0 spiro atoms. The predicted molar refractivity (Wildman–Crippen MR) is 62.6 cm³/mol. The highest BCUT2D eigenvalue weighted by Gasteiger charge is 1.99. The Labute approximate surface area is 97.6 Å². The van der Waals surface area contributed by atoms with Crippen LogP contribution in [0.4, 0.5) is 0 Å². The maximum atomic E-state index is 11.2. The molecule has 0 unspecified atom stereocenters. The van der Waals surface area contributed by atoms with Crippen LogP contribution in [0.3, 0.4) is 0 Å². The number of nitrogens with one attached hydrogen (secondary N) is 1. The highest BCUT2D eigenvalue weighted by atomic mass is 79.9. The van der Waals surface area contributed by atoms with Crippen LogP contribution in [-0.4, -0.2) is 16.3 Å². The molecule has 1 aromatic carbocycles. The van der Waals surface area contributed by atoms with Crippen molar-refractivity contribution in [2.24, 2.45) is 0 Å². The molecular formula is C11H14BrNO2. The van der Waals surface area contributed by atoms with E-state index in [-0.39, 0.29) is 12.5 Å². The zero-order valence-electron chi connectivity index (χ0n) is 8.37. The van der Waals surface area contributed by atoms with Crippen LogP contribution in [0.1, 0.15) is 17.5 Å². The number of carbonyl (C=O) groups excluding carboxylic acids is 1. The number of alkyl halides is 1. The lowest BCUT2D eigenvalue weighted by molar-refractivity contribution is -0.120. The molecule has 4 heteroatoms. The van der Waals surface area contributed by atoms with E-state index in [1.807, 2.05) is 24.3 Å². The molecule has 0 aliphatic heterocycles. The summed E-state index contributed by atoms with van der Waals surface area (Å²) in [6.45, 7) is 0.591. The summed E-state index contributed by atoms with van der Waals surface area (Å²) in [7, 11) is 0. The van der Waals surface area contributed by atoms with E-state index in [1.54, 1.807) is 0 Å². The molecule has 0 heterocycles. The average molecular weight is 272 g/mol. The van der Waals surface area contributed by atoms with Crippen LogP contribution < -0.4 is 5.32 Å². The van der Waals surface area contributed by atoms with Gasteiger partial charge in [-0.3, -0.25) is 4.79 Å². The van der Waals surface area contributed by atoms with E-state index in [0.717, 1.165) is 11.1 Å². The van der Waals surface area contributed by atoms with Crippen LogP contribution in [0.25, 0.3) is 0 Å². The Bertz CT molecular complexity index is 311. The number of rotatable bonds is 5. The number of hydrogen-bond donors (Lipinski definition) is 2. The first-order valence-corrected chi connectivity index (χ1v) is 5.89. The van der Waals surface area contributed by atoms with Gasteiger partial charge in [0.25, 0.3) is 0 Å². The Balaban J connectivity index is 2.40. The number of aliphatic hydroxyl groups is 1. The minimum atomic E-state index is 0.0399. The molecule has 3 nitrogen and oxygen atoms in total. The number of aliphatic hydroxyl groups excluding tert-OH is 1. The van der Waals surface area contributed by atoms with Gasteiger partial charge in [0.05, 0.1) is 6.61 Å². The molecule has 0 atom stereocenters. The van der Waals surface area contributed by atoms with Crippen molar-refractivity contribution in [1.29, 1.82) is 0 Å². The Morgan fingerprint density at radius 1 is 1.27 bits per heavy atom. The number of benzene rings is 1. The Hall–Kier alpha value is -0.870. The van der Waals surface area contributed by atoms with Crippen LogP contribution >= 0.6 is 15.9 Å². The monoisotopic (exact) mass is 271 g/mol. The molecule has 0 aliphatic rings. The Morgan fingerprint density at radius 3 is 2.40 bits per heavy atom. The first-order valence-electron chi connectivity index (χ1n) is 4.77. The van der Waals surface area contributed by atoms with E-state index < -0.39 is 0 Å². The van der Waals surface area contributed by atoms with Crippen molar-refractivity contribution >= 4 is 21.8 Å². The summed E-state index contributed by atoms with van der Waals surface area (Å²) in [6.07, 6.45) is 0.495. The molecule has 1 amide bonds. The molecular weight excluding hydrogens is 258 g/mol. The largest absolute Gasteiger partial charge is 0.392 e. The van der Waals surface area contributed by atoms with Crippen LogP contribution in [0.5, 0.6) is 0 Å². The van der Waals surface area contributed by atoms with Gasteiger partial charge in [-0.05, 0) is 11.1 Å². The van der Waals surface area contributed by atoms with Gasteiger partial charge in [0.15, 0.2) is 0 Å². The van der Waals surface area contributed by atoms with E-state index in [4.69, 9.17) is 5.11 Å². The summed E-state index contributed by atoms with van der Waals surface area (Å²) in [4.78, 5) is 11.2. The summed E-state index contributed by atoms with van der Waals surface area (Å²) >= 11 is 3.21. The van der Waals surface area contributed by atoms with Crippen molar-refractivity contribution in [3.05, 3.63) is 35.4 Å². The molecule has 0 aliphatic carbocycles. The van der Waals surface area contributed by atoms with Gasteiger partial charge < -0.3 is 10.4 Å². The van der Waals surface area contributed by atoms with Gasteiger partial charge in [-0.25, -0.2) is 0 Å². The van der Waals surface area contributed by atoms with Crippen molar-refractivity contribution in [3.63, 3.8) is 0 Å². The topological polar surface area (TPSA) is 49.3 Å². The molecule has 0 saturated heterocycles. The molecule has 0 radical (unpaired) electrons. The zero-order chi connectivity index (χ0) is 11.1. The molecule has 0 fully saturated rings. The summed E-state index contributed by atoms with van der Waals surface area (Å²) in [5.74, 6) is 0.0399. The number of carbonyl (C=O) groups is 1. The minimum Gasteiger partial charge on any atom is -0.392 e. The molecule has 2 N–H and O–H groups in total.